The van der Waals surface area contributed by atoms with Crippen molar-refractivity contribution < 1.29 is 18.4 Å². The second-order valence-corrected chi connectivity index (χ2v) is 15.4. The SMILES string of the molecule is CCC1[C@@H](C(=O)NC2CCC(c3nnco3)CC2)[C@H](c2ccnc(Cl)c2F)[C@]2(C(=O)Nc3cc(Cl)ccc32)C12CCC(C)(C)CC2. The van der Waals surface area contributed by atoms with Gasteiger partial charge in [0, 0.05) is 40.7 Å². The molecule has 2 N–H and O–H groups in total. The third-order valence-corrected chi connectivity index (χ3v) is 12.5. The normalized spacial score (nSPS) is 31.2. The standard InChI is InChI=1S/C35H40Cl2FN5O3/c1-4-23-26(30(44)41-21-8-5-19(6-9-21)31-43-40-18-46-31)27(22-11-16-39-29(37)28(22)38)35(34(23)14-12-33(2,3)13-15-34)24-10-7-20(36)17-25(24)42-32(35)45/h7,10-11,16-19,21,23,26-27H,4-6,8-9,12-15H2,1-3H3,(H,41,44)(H,42,45)/t19?,21?,23?,26-,27+,35-/m1/s1. The molecular weight excluding hydrogens is 628 g/mol. The lowest BCUT2D eigenvalue weighted by Gasteiger charge is -2.53. The molecule has 0 saturated heterocycles. The van der Waals surface area contributed by atoms with Crippen LogP contribution in [-0.2, 0) is 15.0 Å². The molecular formula is C35H40Cl2FN5O3. The molecule has 2 amide bonds. The van der Waals surface area contributed by atoms with Crippen molar-refractivity contribution in [1.29, 1.82) is 0 Å². The fourth-order valence-electron chi connectivity index (χ4n) is 9.91. The summed E-state index contributed by atoms with van der Waals surface area (Å²) in [7, 11) is 0. The average Bonchev–Trinajstić information content (AvgIpc) is 3.72. The molecule has 0 bridgehead atoms. The van der Waals surface area contributed by atoms with Crippen LogP contribution in [0.4, 0.5) is 10.1 Å². The lowest BCUT2D eigenvalue weighted by Crippen LogP contribution is -2.54. The Kier molecular flexibility index (Phi) is 7.95. The maximum Gasteiger partial charge on any atom is 0.236 e. The number of anilines is 1. The van der Waals surface area contributed by atoms with Crippen LogP contribution in [-0.4, -0.2) is 33.0 Å². The molecule has 4 aliphatic rings. The number of carbonyl (C=O) groups excluding carboxylic acids is 2. The van der Waals surface area contributed by atoms with Crippen molar-refractivity contribution in [2.24, 2.45) is 22.7 Å². The summed E-state index contributed by atoms with van der Waals surface area (Å²) < 4.78 is 21.8. The number of rotatable bonds is 5. The van der Waals surface area contributed by atoms with Gasteiger partial charge in [0.2, 0.25) is 24.1 Å². The zero-order valence-electron chi connectivity index (χ0n) is 26.4. The van der Waals surface area contributed by atoms with Crippen molar-refractivity contribution in [2.75, 3.05) is 5.32 Å². The van der Waals surface area contributed by atoms with Gasteiger partial charge in [-0.25, -0.2) is 9.37 Å². The van der Waals surface area contributed by atoms with Crippen LogP contribution in [0.3, 0.4) is 0 Å². The number of nitrogens with zero attached hydrogens (tertiary/aromatic N) is 3. The Morgan fingerprint density at radius 3 is 2.52 bits per heavy atom. The first-order chi connectivity index (χ1) is 22.0. The van der Waals surface area contributed by atoms with E-state index in [9.17, 15) is 9.59 Å². The first-order valence-corrected chi connectivity index (χ1v) is 17.3. The minimum Gasteiger partial charge on any atom is -0.428 e. The number of hydrogen-bond acceptors (Lipinski definition) is 6. The fraction of sp³-hybridized carbons (Fsp3) is 0.571. The second-order valence-electron chi connectivity index (χ2n) is 14.6. The van der Waals surface area contributed by atoms with Gasteiger partial charge in [-0.3, -0.25) is 9.59 Å². The van der Waals surface area contributed by atoms with Crippen molar-refractivity contribution in [2.45, 2.75) is 102 Å². The van der Waals surface area contributed by atoms with Crippen LogP contribution in [0.15, 0.2) is 41.3 Å². The molecule has 1 aliphatic heterocycles. The third kappa shape index (κ3) is 4.70. The Bertz CT molecular complexity index is 1650. The van der Waals surface area contributed by atoms with E-state index in [1.807, 2.05) is 6.07 Å². The molecule has 3 aliphatic carbocycles. The molecule has 244 valence electrons. The van der Waals surface area contributed by atoms with Crippen molar-refractivity contribution >= 4 is 40.7 Å². The summed E-state index contributed by atoms with van der Waals surface area (Å²) in [6.07, 6.45) is 9.90. The van der Waals surface area contributed by atoms with Gasteiger partial charge in [-0.1, -0.05) is 56.5 Å². The molecule has 4 atom stereocenters. The van der Waals surface area contributed by atoms with Gasteiger partial charge in [0.05, 0.1) is 5.41 Å². The van der Waals surface area contributed by atoms with Gasteiger partial charge in [-0.2, -0.15) is 0 Å². The molecule has 0 radical (unpaired) electrons. The largest absolute Gasteiger partial charge is 0.428 e. The number of carbonyl (C=O) groups is 2. The molecule has 2 spiro atoms. The van der Waals surface area contributed by atoms with E-state index in [-0.39, 0.29) is 45.8 Å². The lowest BCUT2D eigenvalue weighted by molar-refractivity contribution is -0.130. The molecule has 2 aromatic heterocycles. The minimum absolute atomic E-state index is 0.0583. The van der Waals surface area contributed by atoms with Crippen LogP contribution in [0.5, 0.6) is 0 Å². The molecule has 3 fully saturated rings. The summed E-state index contributed by atoms with van der Waals surface area (Å²) in [6, 6.07) is 7.04. The van der Waals surface area contributed by atoms with Crippen LogP contribution in [0.1, 0.15) is 107 Å². The number of nitrogens with one attached hydrogen (secondary N) is 2. The summed E-state index contributed by atoms with van der Waals surface area (Å²) in [5, 5.41) is 14.7. The van der Waals surface area contributed by atoms with Crippen LogP contribution >= 0.6 is 23.2 Å². The summed E-state index contributed by atoms with van der Waals surface area (Å²) in [6.45, 7) is 6.63. The van der Waals surface area contributed by atoms with E-state index in [1.165, 1.54) is 12.6 Å². The Morgan fingerprint density at radius 2 is 1.85 bits per heavy atom. The summed E-state index contributed by atoms with van der Waals surface area (Å²) in [5.41, 5.74) is -0.0626. The first kappa shape index (κ1) is 31.6. The topological polar surface area (TPSA) is 110 Å². The van der Waals surface area contributed by atoms with E-state index >= 15 is 4.39 Å². The maximum absolute atomic E-state index is 16.3. The van der Waals surface area contributed by atoms with Gasteiger partial charge in [0.1, 0.15) is 0 Å². The van der Waals surface area contributed by atoms with Crippen molar-refractivity contribution in [3.63, 3.8) is 0 Å². The predicted molar refractivity (Wildman–Crippen MR) is 173 cm³/mol. The van der Waals surface area contributed by atoms with Gasteiger partial charge >= 0.3 is 0 Å². The second kappa shape index (κ2) is 11.6. The van der Waals surface area contributed by atoms with Crippen molar-refractivity contribution in [1.82, 2.24) is 20.5 Å². The predicted octanol–water partition coefficient (Wildman–Crippen LogP) is 7.97. The highest BCUT2D eigenvalue weighted by Crippen LogP contribution is 2.75. The van der Waals surface area contributed by atoms with Gasteiger partial charge < -0.3 is 15.1 Å². The van der Waals surface area contributed by atoms with E-state index in [4.69, 9.17) is 27.6 Å². The number of fused-ring (bicyclic) bond motifs is 3. The monoisotopic (exact) mass is 667 g/mol. The van der Waals surface area contributed by atoms with E-state index in [1.54, 1.807) is 18.2 Å². The fourth-order valence-corrected chi connectivity index (χ4v) is 10.3. The highest BCUT2D eigenvalue weighted by molar-refractivity contribution is 6.31. The molecule has 3 heterocycles. The lowest BCUT2D eigenvalue weighted by atomic mass is 9.49. The Morgan fingerprint density at radius 1 is 1.11 bits per heavy atom. The number of benzene rings is 1. The summed E-state index contributed by atoms with van der Waals surface area (Å²) >= 11 is 12.8. The van der Waals surface area contributed by atoms with Crippen LogP contribution in [0.25, 0.3) is 0 Å². The Hall–Kier alpha value is -3.04. The molecule has 1 unspecified atom stereocenters. The molecule has 7 rings (SSSR count). The number of pyridine rings is 1. The van der Waals surface area contributed by atoms with E-state index in [0.717, 1.165) is 56.9 Å². The smallest absolute Gasteiger partial charge is 0.236 e. The summed E-state index contributed by atoms with van der Waals surface area (Å²) in [5.74, 6) is -1.90. The molecule has 11 heteroatoms. The number of aromatic nitrogens is 3. The summed E-state index contributed by atoms with van der Waals surface area (Å²) in [4.78, 5) is 33.7. The van der Waals surface area contributed by atoms with Crippen LogP contribution < -0.4 is 10.6 Å². The van der Waals surface area contributed by atoms with E-state index < -0.39 is 28.5 Å². The number of amides is 2. The first-order valence-electron chi connectivity index (χ1n) is 16.5. The molecule has 3 saturated carbocycles. The van der Waals surface area contributed by atoms with Gasteiger partial charge in [0.15, 0.2) is 11.0 Å². The van der Waals surface area contributed by atoms with E-state index in [2.05, 4.69) is 46.6 Å². The number of hydrogen-bond donors (Lipinski definition) is 2. The Balaban J connectivity index is 1.37. The van der Waals surface area contributed by atoms with Gasteiger partial charge in [0.25, 0.3) is 0 Å². The van der Waals surface area contributed by atoms with Crippen molar-refractivity contribution in [3.05, 3.63) is 69.9 Å². The third-order valence-electron chi connectivity index (χ3n) is 12.0. The maximum atomic E-state index is 16.3. The zero-order chi connectivity index (χ0) is 32.4. The molecule has 3 aromatic rings. The minimum atomic E-state index is -1.22. The van der Waals surface area contributed by atoms with Gasteiger partial charge in [-0.05, 0) is 97.4 Å². The Labute approximate surface area is 278 Å². The molecule has 46 heavy (non-hydrogen) atoms. The highest BCUT2D eigenvalue weighted by Gasteiger charge is 2.76. The van der Waals surface area contributed by atoms with Gasteiger partial charge in [-0.15, -0.1) is 10.2 Å². The zero-order valence-corrected chi connectivity index (χ0v) is 27.9. The molecule has 8 nitrogen and oxygen atoms in total. The van der Waals surface area contributed by atoms with E-state index in [0.29, 0.717) is 23.0 Å². The quantitative estimate of drug-likeness (QED) is 0.267. The van der Waals surface area contributed by atoms with Crippen LogP contribution in [0.2, 0.25) is 10.2 Å². The molecule has 1 aromatic carbocycles. The number of halogens is 3. The van der Waals surface area contributed by atoms with Crippen LogP contribution in [0, 0.1) is 28.5 Å². The highest BCUT2D eigenvalue weighted by atomic mass is 35.5. The average molecular weight is 669 g/mol. The van der Waals surface area contributed by atoms with Crippen molar-refractivity contribution in [3.8, 4) is 0 Å².